The summed E-state index contributed by atoms with van der Waals surface area (Å²) >= 11 is 3.22. The largest absolute Gasteiger partial charge is 0.293 e. The van der Waals surface area contributed by atoms with Crippen molar-refractivity contribution in [2.45, 2.75) is 6.92 Å². The maximum absolute atomic E-state index is 7.52. The zero-order chi connectivity index (χ0) is 7.40. The van der Waals surface area contributed by atoms with Crippen LogP contribution in [0.3, 0.4) is 0 Å². The number of rotatable bonds is 2. The smallest absolute Gasteiger partial charge is 0.0950 e. The quantitative estimate of drug-likeness (QED) is 0.584. The summed E-state index contributed by atoms with van der Waals surface area (Å²) in [6.07, 6.45) is 0. The molecule has 0 aliphatic heterocycles. The van der Waals surface area contributed by atoms with E-state index in [0.717, 1.165) is 11.3 Å². The molecule has 4 heteroatoms. The molecule has 62 valence electrons. The SMILES string of the molecule is CCSC(=N)c1ccsc1.Cl. The van der Waals surface area contributed by atoms with Gasteiger partial charge in [0.05, 0.1) is 5.04 Å². The fourth-order valence-electron chi connectivity index (χ4n) is 0.621. The van der Waals surface area contributed by atoms with Crippen LogP contribution in [0.15, 0.2) is 16.8 Å². The van der Waals surface area contributed by atoms with Crippen LogP contribution in [0, 0.1) is 5.41 Å². The van der Waals surface area contributed by atoms with E-state index in [1.165, 1.54) is 0 Å². The first kappa shape index (κ1) is 11.0. The third-order valence-corrected chi connectivity index (χ3v) is 2.57. The Morgan fingerprint density at radius 3 is 2.91 bits per heavy atom. The molecule has 0 radical (unpaired) electrons. The monoisotopic (exact) mass is 207 g/mol. The Bertz CT molecular complexity index is 208. The molecule has 0 spiro atoms. The molecule has 1 nitrogen and oxygen atoms in total. The summed E-state index contributed by atoms with van der Waals surface area (Å²) in [6.45, 7) is 2.06. The van der Waals surface area contributed by atoms with Crippen LogP contribution < -0.4 is 0 Å². The fraction of sp³-hybridized carbons (Fsp3) is 0.286. The molecule has 0 aliphatic carbocycles. The van der Waals surface area contributed by atoms with Gasteiger partial charge in [-0.2, -0.15) is 11.3 Å². The lowest BCUT2D eigenvalue weighted by atomic mass is 10.4. The summed E-state index contributed by atoms with van der Waals surface area (Å²) in [5, 5.41) is 12.2. The summed E-state index contributed by atoms with van der Waals surface area (Å²) in [7, 11) is 0. The van der Waals surface area contributed by atoms with Crippen molar-refractivity contribution in [3.63, 3.8) is 0 Å². The lowest BCUT2D eigenvalue weighted by Gasteiger charge is -1.95. The molecule has 0 fully saturated rings. The van der Waals surface area contributed by atoms with E-state index in [1.807, 2.05) is 16.8 Å². The highest BCUT2D eigenvalue weighted by Gasteiger charge is 1.98. The van der Waals surface area contributed by atoms with E-state index >= 15 is 0 Å². The Morgan fingerprint density at radius 1 is 1.73 bits per heavy atom. The maximum Gasteiger partial charge on any atom is 0.0950 e. The van der Waals surface area contributed by atoms with Crippen LogP contribution in [-0.2, 0) is 0 Å². The number of thiophene rings is 1. The van der Waals surface area contributed by atoms with Gasteiger partial charge in [0.1, 0.15) is 0 Å². The average molecular weight is 208 g/mol. The summed E-state index contributed by atoms with van der Waals surface area (Å²) in [5.74, 6) is 0.981. The van der Waals surface area contributed by atoms with Crippen LogP contribution in [-0.4, -0.2) is 10.8 Å². The second-order valence-electron chi connectivity index (χ2n) is 1.77. The topological polar surface area (TPSA) is 23.9 Å². The van der Waals surface area contributed by atoms with Gasteiger partial charge in [0.25, 0.3) is 0 Å². The van der Waals surface area contributed by atoms with Crippen LogP contribution in [0.2, 0.25) is 0 Å². The number of hydrogen-bond donors (Lipinski definition) is 1. The van der Waals surface area contributed by atoms with Crippen LogP contribution >= 0.6 is 35.5 Å². The molecule has 0 bridgehead atoms. The highest BCUT2D eigenvalue weighted by Crippen LogP contribution is 2.14. The summed E-state index contributed by atoms with van der Waals surface area (Å²) in [6, 6.07) is 1.98. The van der Waals surface area contributed by atoms with E-state index in [-0.39, 0.29) is 12.4 Å². The van der Waals surface area contributed by atoms with E-state index in [0.29, 0.717) is 5.04 Å². The molecule has 0 amide bonds. The number of halogens is 1. The van der Waals surface area contributed by atoms with Crippen molar-refractivity contribution in [3.05, 3.63) is 22.4 Å². The van der Waals surface area contributed by atoms with Crippen molar-refractivity contribution in [2.75, 3.05) is 5.75 Å². The Labute approximate surface area is 81.1 Å². The third-order valence-electron chi connectivity index (χ3n) is 1.07. The maximum atomic E-state index is 7.52. The Morgan fingerprint density at radius 2 is 2.45 bits per heavy atom. The first-order valence-electron chi connectivity index (χ1n) is 3.08. The van der Waals surface area contributed by atoms with Crippen molar-refractivity contribution in [2.24, 2.45) is 0 Å². The normalized spacial score (nSPS) is 8.82. The summed E-state index contributed by atoms with van der Waals surface area (Å²) in [4.78, 5) is 0. The van der Waals surface area contributed by atoms with Crippen LogP contribution in [0.5, 0.6) is 0 Å². The van der Waals surface area contributed by atoms with E-state index in [4.69, 9.17) is 5.41 Å². The zero-order valence-electron chi connectivity index (χ0n) is 6.16. The molecule has 0 atom stereocenters. The molecule has 1 heterocycles. The van der Waals surface area contributed by atoms with Gasteiger partial charge in [0, 0.05) is 10.9 Å². The van der Waals surface area contributed by atoms with E-state index in [1.54, 1.807) is 23.1 Å². The van der Waals surface area contributed by atoms with Gasteiger partial charge >= 0.3 is 0 Å². The van der Waals surface area contributed by atoms with Gasteiger partial charge in [-0.3, -0.25) is 5.41 Å². The van der Waals surface area contributed by atoms with Gasteiger partial charge in [0.15, 0.2) is 0 Å². The molecular formula is C7H10ClNS2. The second-order valence-corrected chi connectivity index (χ2v) is 3.83. The van der Waals surface area contributed by atoms with Crippen molar-refractivity contribution < 1.29 is 0 Å². The minimum atomic E-state index is 0. The first-order valence-corrected chi connectivity index (χ1v) is 5.01. The zero-order valence-corrected chi connectivity index (χ0v) is 8.61. The molecule has 0 aromatic carbocycles. The van der Waals surface area contributed by atoms with Crippen molar-refractivity contribution in [3.8, 4) is 0 Å². The lowest BCUT2D eigenvalue weighted by molar-refractivity contribution is 1.51. The van der Waals surface area contributed by atoms with Gasteiger partial charge in [-0.15, -0.1) is 24.2 Å². The van der Waals surface area contributed by atoms with E-state index in [9.17, 15) is 0 Å². The van der Waals surface area contributed by atoms with Crippen LogP contribution in [0.25, 0.3) is 0 Å². The second kappa shape index (κ2) is 5.63. The van der Waals surface area contributed by atoms with E-state index in [2.05, 4.69) is 6.92 Å². The minimum absolute atomic E-state index is 0. The molecule has 0 aliphatic rings. The fourth-order valence-corrected chi connectivity index (χ4v) is 1.93. The third kappa shape index (κ3) is 3.27. The minimum Gasteiger partial charge on any atom is -0.293 e. The highest BCUT2D eigenvalue weighted by atomic mass is 35.5. The van der Waals surface area contributed by atoms with E-state index < -0.39 is 0 Å². The van der Waals surface area contributed by atoms with Crippen LogP contribution in [0.1, 0.15) is 12.5 Å². The average Bonchev–Trinajstić information content (AvgIpc) is 2.38. The first-order chi connectivity index (χ1) is 4.84. The summed E-state index contributed by atoms with van der Waals surface area (Å²) in [5.41, 5.74) is 1.05. The molecule has 11 heavy (non-hydrogen) atoms. The number of hydrogen-bond acceptors (Lipinski definition) is 3. The highest BCUT2D eigenvalue weighted by molar-refractivity contribution is 8.14. The molecule has 0 saturated carbocycles. The molecule has 0 unspecified atom stereocenters. The van der Waals surface area contributed by atoms with Crippen molar-refractivity contribution >= 4 is 40.5 Å². The predicted molar refractivity (Wildman–Crippen MR) is 56.5 cm³/mol. The summed E-state index contributed by atoms with van der Waals surface area (Å²) < 4.78 is 0. The molecule has 1 rings (SSSR count). The molecule has 1 aromatic rings. The molecule has 1 aromatic heterocycles. The number of thioether (sulfide) groups is 1. The predicted octanol–water partition coefficient (Wildman–Crippen LogP) is 3.25. The lowest BCUT2D eigenvalue weighted by Crippen LogP contribution is -1.89. The van der Waals surface area contributed by atoms with Crippen molar-refractivity contribution in [1.82, 2.24) is 0 Å². The molecular weight excluding hydrogens is 198 g/mol. The van der Waals surface area contributed by atoms with Crippen LogP contribution in [0.4, 0.5) is 0 Å². The Kier molecular flexibility index (Phi) is 5.64. The van der Waals surface area contributed by atoms with Crippen molar-refractivity contribution in [1.29, 1.82) is 5.41 Å². The molecule has 1 N–H and O–H groups in total. The Balaban J connectivity index is 0.000001000. The van der Waals surface area contributed by atoms with Gasteiger partial charge in [-0.25, -0.2) is 0 Å². The van der Waals surface area contributed by atoms with Gasteiger partial charge in [0.2, 0.25) is 0 Å². The van der Waals surface area contributed by atoms with Gasteiger partial charge in [-0.1, -0.05) is 6.92 Å². The molecule has 0 saturated heterocycles. The van der Waals surface area contributed by atoms with Gasteiger partial charge in [-0.05, 0) is 17.2 Å². The number of nitrogens with one attached hydrogen (secondary N) is 1. The standard InChI is InChI=1S/C7H9NS2.ClH/c1-2-10-7(8)6-3-4-9-5-6;/h3-5,8H,2H2,1H3;1H. The Hall–Kier alpha value is 0.01000. The van der Waals surface area contributed by atoms with Gasteiger partial charge < -0.3 is 0 Å².